The number of nitro groups is 1. The van der Waals surface area contributed by atoms with Gasteiger partial charge in [-0.1, -0.05) is 6.92 Å². The summed E-state index contributed by atoms with van der Waals surface area (Å²) in [4.78, 5) is 33.7. The average molecular weight is 280 g/mol. The second-order valence-electron chi connectivity index (χ2n) is 4.08. The van der Waals surface area contributed by atoms with Crippen LogP contribution < -0.4 is 17.0 Å². The molecular formula is C11H12N4O5. The molecular weight excluding hydrogens is 268 g/mol. The predicted octanol–water partition coefficient (Wildman–Crippen LogP) is 0.444. The van der Waals surface area contributed by atoms with E-state index in [4.69, 9.17) is 10.3 Å². The summed E-state index contributed by atoms with van der Waals surface area (Å²) in [5.41, 5.74) is 2.11. The normalized spacial score (nSPS) is 12.3. The van der Waals surface area contributed by atoms with Crippen molar-refractivity contribution in [1.29, 1.82) is 0 Å². The summed E-state index contributed by atoms with van der Waals surface area (Å²) in [5, 5.41) is 10.8. The largest absolute Gasteiger partial charge is 0.420 e. The minimum absolute atomic E-state index is 0.170. The van der Waals surface area contributed by atoms with Gasteiger partial charge in [-0.25, -0.2) is 10.6 Å². The number of oxazole rings is 1. The quantitative estimate of drug-likeness (QED) is 0.361. The van der Waals surface area contributed by atoms with Crippen LogP contribution in [-0.2, 0) is 4.79 Å². The van der Waals surface area contributed by atoms with Gasteiger partial charge >= 0.3 is 5.76 Å². The third kappa shape index (κ3) is 2.14. The number of carbonyl (C=O) groups is 1. The molecule has 0 bridgehead atoms. The minimum atomic E-state index is -0.893. The molecule has 9 heteroatoms. The Bertz CT molecular complexity index is 732. The van der Waals surface area contributed by atoms with Gasteiger partial charge < -0.3 is 4.42 Å². The number of hydrogen-bond donors (Lipinski definition) is 2. The van der Waals surface area contributed by atoms with E-state index in [2.05, 4.69) is 0 Å². The summed E-state index contributed by atoms with van der Waals surface area (Å²) in [6.07, 6.45) is 0.278. The topological polar surface area (TPSA) is 133 Å². The van der Waals surface area contributed by atoms with Gasteiger partial charge in [-0.15, -0.1) is 0 Å². The van der Waals surface area contributed by atoms with E-state index in [1.54, 1.807) is 6.92 Å². The highest BCUT2D eigenvalue weighted by atomic mass is 16.6. The predicted molar refractivity (Wildman–Crippen MR) is 68.8 cm³/mol. The fourth-order valence-electron chi connectivity index (χ4n) is 2.01. The van der Waals surface area contributed by atoms with E-state index in [0.29, 0.717) is 0 Å². The molecule has 3 N–H and O–H groups in total. The molecule has 106 valence electrons. The summed E-state index contributed by atoms with van der Waals surface area (Å²) in [5.74, 6) is 3.73. The summed E-state index contributed by atoms with van der Waals surface area (Å²) >= 11 is 0. The molecule has 20 heavy (non-hydrogen) atoms. The van der Waals surface area contributed by atoms with Crippen molar-refractivity contribution in [2.24, 2.45) is 5.84 Å². The Morgan fingerprint density at radius 3 is 2.85 bits per heavy atom. The number of amides is 1. The smallest absolute Gasteiger partial charge is 0.408 e. The SMILES string of the molecule is CCC(C(=O)NN)n1c(=O)oc2ccc([N+](=O)[O-])cc21. The van der Waals surface area contributed by atoms with Crippen molar-refractivity contribution in [3.8, 4) is 0 Å². The number of hydrazine groups is 1. The van der Waals surface area contributed by atoms with Crippen LogP contribution in [0.25, 0.3) is 11.1 Å². The molecule has 0 spiro atoms. The molecule has 0 fully saturated rings. The highest BCUT2D eigenvalue weighted by Crippen LogP contribution is 2.23. The van der Waals surface area contributed by atoms with Gasteiger partial charge in [0.1, 0.15) is 6.04 Å². The van der Waals surface area contributed by atoms with E-state index in [-0.39, 0.29) is 23.2 Å². The lowest BCUT2D eigenvalue weighted by molar-refractivity contribution is -0.384. The van der Waals surface area contributed by atoms with Gasteiger partial charge in [0, 0.05) is 12.1 Å². The van der Waals surface area contributed by atoms with Gasteiger partial charge in [-0.05, 0) is 12.5 Å². The first kappa shape index (κ1) is 13.7. The van der Waals surface area contributed by atoms with Crippen LogP contribution in [0.3, 0.4) is 0 Å². The Morgan fingerprint density at radius 2 is 2.30 bits per heavy atom. The summed E-state index contributed by atoms with van der Waals surface area (Å²) < 4.78 is 6.04. The lowest BCUT2D eigenvalue weighted by Crippen LogP contribution is -2.39. The number of nitrogens with zero attached hydrogens (tertiary/aromatic N) is 2. The molecule has 2 rings (SSSR count). The highest BCUT2D eigenvalue weighted by Gasteiger charge is 2.24. The van der Waals surface area contributed by atoms with Gasteiger partial charge in [-0.3, -0.25) is 24.9 Å². The zero-order valence-corrected chi connectivity index (χ0v) is 10.5. The Kier molecular flexibility index (Phi) is 3.53. The van der Waals surface area contributed by atoms with Crippen molar-refractivity contribution >= 4 is 22.7 Å². The molecule has 0 aliphatic rings. The highest BCUT2D eigenvalue weighted by molar-refractivity contribution is 5.83. The molecule has 0 radical (unpaired) electrons. The molecule has 1 amide bonds. The number of nitrogens with two attached hydrogens (primary N) is 1. The molecule has 1 heterocycles. The van der Waals surface area contributed by atoms with Gasteiger partial charge in [0.05, 0.1) is 10.4 Å². The van der Waals surface area contributed by atoms with Gasteiger partial charge in [-0.2, -0.15) is 0 Å². The van der Waals surface area contributed by atoms with Gasteiger partial charge in [0.25, 0.3) is 11.6 Å². The number of nitrogens with one attached hydrogen (secondary N) is 1. The summed E-state index contributed by atoms with van der Waals surface area (Å²) in [7, 11) is 0. The molecule has 0 saturated carbocycles. The molecule has 0 saturated heterocycles. The third-order valence-corrected chi connectivity index (χ3v) is 2.95. The van der Waals surface area contributed by atoms with Crippen molar-refractivity contribution in [1.82, 2.24) is 9.99 Å². The van der Waals surface area contributed by atoms with Crippen LogP contribution in [0.2, 0.25) is 0 Å². The maximum atomic E-state index is 11.8. The number of non-ortho nitro benzene ring substituents is 1. The molecule has 1 unspecified atom stereocenters. The molecule has 2 aromatic rings. The number of nitro benzene ring substituents is 1. The second-order valence-corrected chi connectivity index (χ2v) is 4.08. The number of fused-ring (bicyclic) bond motifs is 1. The number of carbonyl (C=O) groups excluding carboxylic acids is 1. The maximum Gasteiger partial charge on any atom is 0.420 e. The first-order valence-corrected chi connectivity index (χ1v) is 5.79. The number of rotatable bonds is 4. The van der Waals surface area contributed by atoms with E-state index < -0.39 is 22.6 Å². The van der Waals surface area contributed by atoms with Crippen molar-refractivity contribution < 1.29 is 14.1 Å². The lowest BCUT2D eigenvalue weighted by atomic mass is 10.2. The van der Waals surface area contributed by atoms with Crippen LogP contribution in [0.1, 0.15) is 19.4 Å². The third-order valence-electron chi connectivity index (χ3n) is 2.95. The Balaban J connectivity index is 2.70. The fraction of sp³-hybridized carbons (Fsp3) is 0.273. The van der Waals surface area contributed by atoms with Crippen LogP contribution >= 0.6 is 0 Å². The lowest BCUT2D eigenvalue weighted by Gasteiger charge is -2.13. The van der Waals surface area contributed by atoms with E-state index >= 15 is 0 Å². The van der Waals surface area contributed by atoms with Gasteiger partial charge in [0.2, 0.25) is 0 Å². The molecule has 9 nitrogen and oxygen atoms in total. The van der Waals surface area contributed by atoms with Crippen LogP contribution in [0.5, 0.6) is 0 Å². The number of aromatic nitrogens is 1. The molecule has 1 atom stereocenters. The van der Waals surface area contributed by atoms with Crippen LogP contribution in [-0.4, -0.2) is 15.4 Å². The molecule has 1 aromatic heterocycles. The van der Waals surface area contributed by atoms with Crippen molar-refractivity contribution in [2.75, 3.05) is 0 Å². The zero-order valence-electron chi connectivity index (χ0n) is 10.5. The minimum Gasteiger partial charge on any atom is -0.408 e. The van der Waals surface area contributed by atoms with E-state index in [0.717, 1.165) is 4.57 Å². The average Bonchev–Trinajstić information content (AvgIpc) is 2.75. The van der Waals surface area contributed by atoms with Crippen LogP contribution in [0.15, 0.2) is 27.4 Å². The van der Waals surface area contributed by atoms with E-state index in [1.807, 2.05) is 5.43 Å². The maximum absolute atomic E-state index is 11.8. The number of benzene rings is 1. The molecule has 0 aliphatic heterocycles. The van der Waals surface area contributed by atoms with Crippen molar-refractivity contribution in [3.63, 3.8) is 0 Å². The van der Waals surface area contributed by atoms with Crippen molar-refractivity contribution in [2.45, 2.75) is 19.4 Å². The second kappa shape index (κ2) is 5.13. The molecule has 0 aliphatic carbocycles. The van der Waals surface area contributed by atoms with Crippen LogP contribution in [0, 0.1) is 10.1 Å². The standard InChI is InChI=1S/C11H12N4O5/c1-2-7(10(16)13-12)14-8-5-6(15(18)19)3-4-9(8)20-11(14)17/h3-5,7H,2,12H2,1H3,(H,13,16). The van der Waals surface area contributed by atoms with Crippen LogP contribution in [0.4, 0.5) is 5.69 Å². The summed E-state index contributed by atoms with van der Waals surface area (Å²) in [6.45, 7) is 1.68. The fourth-order valence-corrected chi connectivity index (χ4v) is 2.01. The van der Waals surface area contributed by atoms with Crippen molar-refractivity contribution in [3.05, 3.63) is 38.9 Å². The first-order chi connectivity index (χ1) is 9.49. The number of hydrogen-bond acceptors (Lipinski definition) is 6. The van der Waals surface area contributed by atoms with Gasteiger partial charge in [0.15, 0.2) is 5.58 Å². The first-order valence-electron chi connectivity index (χ1n) is 5.79. The Hall–Kier alpha value is -2.68. The monoisotopic (exact) mass is 280 g/mol. The van der Waals surface area contributed by atoms with E-state index in [9.17, 15) is 19.7 Å². The zero-order chi connectivity index (χ0) is 14.9. The Labute approximate surface area is 112 Å². The van der Waals surface area contributed by atoms with E-state index in [1.165, 1.54) is 18.2 Å². The summed E-state index contributed by atoms with van der Waals surface area (Å²) in [6, 6.07) is 2.83. The molecule has 1 aromatic carbocycles. The Morgan fingerprint density at radius 1 is 1.60 bits per heavy atom.